The lowest BCUT2D eigenvalue weighted by molar-refractivity contribution is -0.138. The van der Waals surface area contributed by atoms with Gasteiger partial charge in [-0.3, -0.25) is 4.79 Å². The molecule has 1 saturated carbocycles. The molecular weight excluding hydrogens is 622 g/mol. The van der Waals surface area contributed by atoms with E-state index in [1.54, 1.807) is 37.1 Å². The van der Waals surface area contributed by atoms with E-state index in [4.69, 9.17) is 9.63 Å². The average Bonchev–Trinajstić information content (AvgIpc) is 3.50. The number of carbonyl (C=O) groups is 1. The van der Waals surface area contributed by atoms with Crippen LogP contribution in [0.25, 0.3) is 11.4 Å². The SMILES string of the molecule is CNc1ncccc1-c1noc(C(SC2CCCCC2)c2cccc(C(F)(F)F)c2)n1.O=C(O)Cc1cccc(C(F)(F)F)c1. The van der Waals surface area contributed by atoms with Gasteiger partial charge in [-0.25, -0.2) is 4.98 Å². The summed E-state index contributed by atoms with van der Waals surface area (Å²) in [4.78, 5) is 19.1. The van der Waals surface area contributed by atoms with Crippen LogP contribution in [-0.4, -0.2) is 38.5 Å². The Morgan fingerprint density at radius 3 is 2.29 bits per heavy atom. The molecule has 2 aromatic heterocycles. The molecular formula is C31H30F6N4O3S. The van der Waals surface area contributed by atoms with E-state index >= 15 is 0 Å². The van der Waals surface area contributed by atoms with Gasteiger partial charge in [0.1, 0.15) is 11.1 Å². The molecule has 1 fully saturated rings. The maximum Gasteiger partial charge on any atom is 0.416 e. The van der Waals surface area contributed by atoms with Crippen LogP contribution >= 0.6 is 11.8 Å². The Morgan fingerprint density at radius 2 is 1.64 bits per heavy atom. The van der Waals surface area contributed by atoms with Crippen LogP contribution in [0.1, 0.15) is 65.5 Å². The molecule has 1 atom stereocenters. The van der Waals surface area contributed by atoms with E-state index in [9.17, 15) is 31.1 Å². The van der Waals surface area contributed by atoms with Crippen LogP contribution in [0.2, 0.25) is 0 Å². The van der Waals surface area contributed by atoms with E-state index in [1.165, 1.54) is 30.7 Å². The smallest absolute Gasteiger partial charge is 0.416 e. The third-order valence-corrected chi connectivity index (χ3v) is 8.56. The Hall–Kier alpha value is -4.07. The molecule has 5 rings (SSSR count). The molecule has 0 saturated heterocycles. The molecule has 2 N–H and O–H groups in total. The van der Waals surface area contributed by atoms with Crippen molar-refractivity contribution in [1.82, 2.24) is 15.1 Å². The van der Waals surface area contributed by atoms with Gasteiger partial charge in [0.15, 0.2) is 0 Å². The molecule has 0 bridgehead atoms. The summed E-state index contributed by atoms with van der Waals surface area (Å²) < 4.78 is 82.0. The summed E-state index contributed by atoms with van der Waals surface area (Å²) in [7, 11) is 1.75. The van der Waals surface area contributed by atoms with Crippen LogP contribution in [0, 0.1) is 0 Å². The number of anilines is 1. The topological polar surface area (TPSA) is 101 Å². The van der Waals surface area contributed by atoms with E-state index in [0.717, 1.165) is 43.9 Å². The minimum Gasteiger partial charge on any atom is -0.481 e. The van der Waals surface area contributed by atoms with Crippen molar-refractivity contribution in [3.8, 4) is 11.4 Å². The minimum absolute atomic E-state index is 0.146. The zero-order valence-electron chi connectivity index (χ0n) is 24.0. The van der Waals surface area contributed by atoms with Crippen LogP contribution in [-0.2, 0) is 23.6 Å². The van der Waals surface area contributed by atoms with Gasteiger partial charge in [-0.15, -0.1) is 11.8 Å². The first-order valence-electron chi connectivity index (χ1n) is 14.0. The Bertz CT molecular complexity index is 1570. The Labute approximate surface area is 259 Å². The highest BCUT2D eigenvalue weighted by molar-refractivity contribution is 8.00. The highest BCUT2D eigenvalue weighted by Crippen LogP contribution is 2.44. The largest absolute Gasteiger partial charge is 0.481 e. The van der Waals surface area contributed by atoms with Crippen LogP contribution < -0.4 is 5.32 Å². The average molecular weight is 653 g/mol. The molecule has 14 heteroatoms. The van der Waals surface area contributed by atoms with Crippen LogP contribution in [0.4, 0.5) is 32.2 Å². The second-order valence-electron chi connectivity index (χ2n) is 10.3. The molecule has 1 aliphatic rings. The normalized spacial score (nSPS) is 14.7. The van der Waals surface area contributed by atoms with Crippen molar-refractivity contribution < 1.29 is 40.8 Å². The number of hydrogen-bond acceptors (Lipinski definition) is 7. The molecule has 4 aromatic rings. The zero-order chi connectivity index (χ0) is 32.6. The number of aliphatic carboxylic acids is 1. The van der Waals surface area contributed by atoms with E-state index < -0.39 is 41.1 Å². The standard InChI is InChI=1S/C22H23F3N4OS.C9H7F3O2/c1-26-19-17(11-6-12-27-19)20-28-21(30-29-20)18(31-16-9-3-2-4-10-16)14-7-5-8-15(13-14)22(23,24)25;10-9(11,12)7-3-1-2-6(4-7)5-8(13)14/h5-8,11-13,16,18H,2-4,9-10H2,1H3,(H,26,27);1-4H,5H2,(H,13,14). The monoisotopic (exact) mass is 652 g/mol. The van der Waals surface area contributed by atoms with Gasteiger partial charge in [-0.05, 0) is 48.2 Å². The zero-order valence-corrected chi connectivity index (χ0v) is 24.8. The number of benzene rings is 2. The highest BCUT2D eigenvalue weighted by atomic mass is 32.2. The summed E-state index contributed by atoms with van der Waals surface area (Å²) >= 11 is 1.61. The summed E-state index contributed by atoms with van der Waals surface area (Å²) in [6.45, 7) is 0. The summed E-state index contributed by atoms with van der Waals surface area (Å²) in [5.41, 5.74) is -0.168. The Kier molecular flexibility index (Phi) is 11.1. The Balaban J connectivity index is 0.000000276. The summed E-state index contributed by atoms with van der Waals surface area (Å²) in [5, 5.41) is 15.3. The molecule has 2 heterocycles. The predicted octanol–water partition coefficient (Wildman–Crippen LogP) is 8.68. The first-order valence-corrected chi connectivity index (χ1v) is 15.0. The molecule has 0 aliphatic heterocycles. The number of carboxylic acids is 1. The van der Waals surface area contributed by atoms with Crippen LogP contribution in [0.5, 0.6) is 0 Å². The molecule has 1 aliphatic carbocycles. The number of alkyl halides is 6. The summed E-state index contributed by atoms with van der Waals surface area (Å²) in [5.74, 6) is 0.110. The number of aromatic nitrogens is 3. The highest BCUT2D eigenvalue weighted by Gasteiger charge is 2.33. The first-order chi connectivity index (χ1) is 21.3. The fourth-order valence-corrected chi connectivity index (χ4v) is 6.33. The lowest BCUT2D eigenvalue weighted by atomic mass is 10.0. The van der Waals surface area contributed by atoms with Crippen LogP contribution in [0.3, 0.4) is 0 Å². The van der Waals surface area contributed by atoms with Crippen molar-refractivity contribution >= 4 is 23.5 Å². The summed E-state index contributed by atoms with van der Waals surface area (Å²) in [6.07, 6.45) is -2.05. The first kappa shape index (κ1) is 33.8. The fourth-order valence-electron chi connectivity index (χ4n) is 4.82. The second-order valence-corrected chi connectivity index (χ2v) is 11.7. The molecule has 45 heavy (non-hydrogen) atoms. The number of rotatable bonds is 8. The molecule has 0 spiro atoms. The van der Waals surface area contributed by atoms with Gasteiger partial charge in [-0.2, -0.15) is 31.3 Å². The maximum absolute atomic E-state index is 13.3. The molecule has 240 valence electrons. The van der Waals surface area contributed by atoms with Crippen molar-refractivity contribution in [3.05, 3.63) is 95.0 Å². The number of thioether (sulfide) groups is 1. The van der Waals surface area contributed by atoms with Gasteiger partial charge in [0.2, 0.25) is 11.7 Å². The predicted molar refractivity (Wildman–Crippen MR) is 158 cm³/mol. The fraction of sp³-hybridized carbons (Fsp3) is 0.355. The molecule has 0 radical (unpaired) electrons. The van der Waals surface area contributed by atoms with E-state index in [2.05, 4.69) is 20.4 Å². The molecule has 2 aromatic carbocycles. The van der Waals surface area contributed by atoms with E-state index in [1.807, 2.05) is 6.07 Å². The number of carboxylic acid groups (broad SMARTS) is 1. The van der Waals surface area contributed by atoms with Gasteiger partial charge in [0.25, 0.3) is 0 Å². The van der Waals surface area contributed by atoms with Crippen molar-refractivity contribution in [1.29, 1.82) is 0 Å². The van der Waals surface area contributed by atoms with Gasteiger partial charge in [0.05, 0.1) is 23.1 Å². The van der Waals surface area contributed by atoms with Crippen molar-refractivity contribution in [2.24, 2.45) is 0 Å². The van der Waals surface area contributed by atoms with Crippen molar-refractivity contribution in [2.45, 2.75) is 61.4 Å². The van der Waals surface area contributed by atoms with E-state index in [0.29, 0.717) is 33.9 Å². The van der Waals surface area contributed by atoms with Gasteiger partial charge < -0.3 is 14.9 Å². The lowest BCUT2D eigenvalue weighted by Crippen LogP contribution is -2.12. The van der Waals surface area contributed by atoms with Crippen molar-refractivity contribution in [2.75, 3.05) is 12.4 Å². The quantitative estimate of drug-likeness (QED) is 0.182. The lowest BCUT2D eigenvalue weighted by Gasteiger charge is -2.25. The number of nitrogens with zero attached hydrogens (tertiary/aromatic N) is 3. The van der Waals surface area contributed by atoms with Gasteiger partial charge >= 0.3 is 18.3 Å². The maximum atomic E-state index is 13.3. The number of halogens is 6. The van der Waals surface area contributed by atoms with Crippen LogP contribution in [0.15, 0.2) is 71.4 Å². The minimum atomic E-state index is -4.42. The second kappa shape index (κ2) is 14.8. The Morgan fingerprint density at radius 1 is 0.978 bits per heavy atom. The molecule has 7 nitrogen and oxygen atoms in total. The molecule has 1 unspecified atom stereocenters. The third kappa shape index (κ3) is 9.46. The van der Waals surface area contributed by atoms with Crippen molar-refractivity contribution in [3.63, 3.8) is 0 Å². The van der Waals surface area contributed by atoms with Gasteiger partial charge in [-0.1, -0.05) is 60.8 Å². The number of hydrogen-bond donors (Lipinski definition) is 2. The number of nitrogens with one attached hydrogen (secondary N) is 1. The van der Waals surface area contributed by atoms with Gasteiger partial charge in [0, 0.05) is 18.5 Å². The van der Waals surface area contributed by atoms with E-state index in [-0.39, 0.29) is 5.56 Å². The summed E-state index contributed by atoms with van der Waals surface area (Å²) in [6, 6.07) is 13.3. The number of pyridine rings is 1. The third-order valence-electron chi connectivity index (χ3n) is 6.96. The molecule has 0 amide bonds.